The van der Waals surface area contributed by atoms with Crippen LogP contribution in [-0.2, 0) is 0 Å². The van der Waals surface area contributed by atoms with Crippen LogP contribution in [0, 0.1) is 6.92 Å². The summed E-state index contributed by atoms with van der Waals surface area (Å²) in [6.45, 7) is 7.47. The maximum Gasteiger partial charge on any atom is 0.324 e. The molecule has 0 atom stereocenters. The summed E-state index contributed by atoms with van der Waals surface area (Å²) in [6.07, 6.45) is 3.03. The van der Waals surface area contributed by atoms with Gasteiger partial charge in [0.15, 0.2) is 17.0 Å². The van der Waals surface area contributed by atoms with Crippen molar-refractivity contribution in [3.05, 3.63) is 30.0 Å². The highest BCUT2D eigenvalue weighted by molar-refractivity contribution is 5.76. The highest BCUT2D eigenvalue weighted by Crippen LogP contribution is 2.27. The summed E-state index contributed by atoms with van der Waals surface area (Å²) in [5.41, 5.74) is 2.57. The predicted octanol–water partition coefficient (Wildman–Crippen LogP) is 2.48. The zero-order chi connectivity index (χ0) is 22.9. The minimum absolute atomic E-state index is 0.0126. The number of aromatic nitrogens is 8. The van der Waals surface area contributed by atoms with Crippen molar-refractivity contribution in [2.75, 3.05) is 25.1 Å². The number of ether oxygens (including phenoxy) is 2. The molecule has 4 aromatic rings. The summed E-state index contributed by atoms with van der Waals surface area (Å²) in [5, 5.41) is 12.6. The van der Waals surface area contributed by atoms with Crippen LogP contribution in [0.3, 0.4) is 0 Å². The molecule has 5 heterocycles. The molecule has 0 aromatic carbocycles. The lowest BCUT2D eigenvalue weighted by Gasteiger charge is -2.30. The molecule has 0 bridgehead atoms. The lowest BCUT2D eigenvalue weighted by Crippen LogP contribution is -2.38. The lowest BCUT2D eigenvalue weighted by atomic mass is 10.1. The van der Waals surface area contributed by atoms with E-state index in [9.17, 15) is 0 Å². The van der Waals surface area contributed by atoms with Crippen LogP contribution in [0.25, 0.3) is 16.9 Å². The van der Waals surface area contributed by atoms with E-state index in [0.717, 1.165) is 43.1 Å². The Bertz CT molecular complexity index is 1260. The molecule has 0 unspecified atom stereocenters. The number of anilines is 1. The third-order valence-electron chi connectivity index (χ3n) is 5.61. The average molecular weight is 451 g/mol. The fraction of sp³-hybridized carbons (Fsp3) is 0.476. The van der Waals surface area contributed by atoms with Crippen molar-refractivity contribution in [1.29, 1.82) is 0 Å². The average Bonchev–Trinajstić information content (AvgIpc) is 3.48. The van der Waals surface area contributed by atoms with E-state index in [0.29, 0.717) is 28.9 Å². The molecule has 1 saturated heterocycles. The van der Waals surface area contributed by atoms with Crippen LogP contribution in [0.4, 0.5) is 6.01 Å². The molecular formula is C21H25N9O3. The van der Waals surface area contributed by atoms with E-state index < -0.39 is 0 Å². The Kier molecular flexibility index (Phi) is 5.48. The second-order valence-electron chi connectivity index (χ2n) is 8.20. The van der Waals surface area contributed by atoms with Crippen LogP contribution in [-0.4, -0.2) is 66.4 Å². The quantitative estimate of drug-likeness (QED) is 0.428. The van der Waals surface area contributed by atoms with Gasteiger partial charge >= 0.3 is 6.01 Å². The Hall–Kier alpha value is -3.83. The van der Waals surface area contributed by atoms with Gasteiger partial charge in [0.1, 0.15) is 12.4 Å². The fourth-order valence-corrected chi connectivity index (χ4v) is 3.76. The number of aryl methyl sites for hydroxylation is 1. The molecule has 0 radical (unpaired) electrons. The molecule has 33 heavy (non-hydrogen) atoms. The van der Waals surface area contributed by atoms with Gasteiger partial charge in [0, 0.05) is 37.9 Å². The van der Waals surface area contributed by atoms with Crippen LogP contribution >= 0.6 is 0 Å². The van der Waals surface area contributed by atoms with E-state index in [1.165, 1.54) is 6.33 Å². The Morgan fingerprint density at radius 3 is 2.64 bits per heavy atom. The van der Waals surface area contributed by atoms with E-state index in [-0.39, 0.29) is 12.0 Å². The predicted molar refractivity (Wildman–Crippen MR) is 118 cm³/mol. The van der Waals surface area contributed by atoms with Gasteiger partial charge in [0.2, 0.25) is 11.8 Å². The zero-order valence-corrected chi connectivity index (χ0v) is 19.0. The third-order valence-corrected chi connectivity index (χ3v) is 5.61. The van der Waals surface area contributed by atoms with Crippen molar-refractivity contribution >= 4 is 17.2 Å². The number of hydrogen-bond donors (Lipinski definition) is 0. The first-order valence-corrected chi connectivity index (χ1v) is 10.9. The van der Waals surface area contributed by atoms with Gasteiger partial charge in [-0.1, -0.05) is 24.2 Å². The summed E-state index contributed by atoms with van der Waals surface area (Å²) < 4.78 is 18.5. The Labute approximate surface area is 189 Å². The highest BCUT2D eigenvalue weighted by Gasteiger charge is 2.26. The molecule has 12 heteroatoms. The SMILES string of the molecule is COc1ccc(-n2nnc3c(OC4CCN(c5nc(C(C)C)no5)CC4)ncnc32)c(C)n1. The van der Waals surface area contributed by atoms with E-state index >= 15 is 0 Å². The van der Waals surface area contributed by atoms with Gasteiger partial charge in [0.25, 0.3) is 0 Å². The second-order valence-corrected chi connectivity index (χ2v) is 8.20. The van der Waals surface area contributed by atoms with E-state index in [1.807, 2.05) is 26.8 Å². The van der Waals surface area contributed by atoms with Gasteiger partial charge in [0.05, 0.1) is 18.5 Å². The van der Waals surface area contributed by atoms with Crippen molar-refractivity contribution < 1.29 is 14.0 Å². The van der Waals surface area contributed by atoms with Crippen molar-refractivity contribution in [1.82, 2.24) is 40.1 Å². The first kappa shape index (κ1) is 21.0. The minimum atomic E-state index is -0.0126. The molecule has 1 fully saturated rings. The monoisotopic (exact) mass is 451 g/mol. The second kappa shape index (κ2) is 8.60. The number of rotatable bonds is 6. The number of piperidine rings is 1. The molecule has 0 aliphatic carbocycles. The number of pyridine rings is 1. The molecule has 12 nitrogen and oxygen atoms in total. The summed E-state index contributed by atoms with van der Waals surface area (Å²) in [5.74, 6) is 1.90. The summed E-state index contributed by atoms with van der Waals surface area (Å²) in [6, 6.07) is 4.21. The summed E-state index contributed by atoms with van der Waals surface area (Å²) >= 11 is 0. The summed E-state index contributed by atoms with van der Waals surface area (Å²) in [7, 11) is 1.58. The number of nitrogens with zero attached hydrogens (tertiary/aromatic N) is 9. The van der Waals surface area contributed by atoms with Crippen LogP contribution in [0.5, 0.6) is 11.8 Å². The number of hydrogen-bond acceptors (Lipinski definition) is 11. The van der Waals surface area contributed by atoms with E-state index in [4.69, 9.17) is 14.0 Å². The van der Waals surface area contributed by atoms with Gasteiger partial charge < -0.3 is 18.9 Å². The Morgan fingerprint density at radius 1 is 1.12 bits per heavy atom. The maximum absolute atomic E-state index is 6.22. The topological polar surface area (TPSA) is 130 Å². The molecule has 0 amide bonds. The van der Waals surface area contributed by atoms with Crippen LogP contribution < -0.4 is 14.4 Å². The van der Waals surface area contributed by atoms with Gasteiger partial charge in [-0.15, -0.1) is 5.10 Å². The molecular weight excluding hydrogens is 426 g/mol. The molecule has 0 spiro atoms. The van der Waals surface area contributed by atoms with Crippen molar-refractivity contribution in [2.45, 2.75) is 45.6 Å². The fourth-order valence-electron chi connectivity index (χ4n) is 3.76. The largest absolute Gasteiger partial charge is 0.481 e. The van der Waals surface area contributed by atoms with Gasteiger partial charge in [-0.2, -0.15) is 14.6 Å². The van der Waals surface area contributed by atoms with Crippen LogP contribution in [0.1, 0.15) is 44.1 Å². The van der Waals surface area contributed by atoms with Crippen LogP contribution in [0.15, 0.2) is 23.0 Å². The van der Waals surface area contributed by atoms with Gasteiger partial charge in [-0.05, 0) is 13.0 Å². The number of fused-ring (bicyclic) bond motifs is 1. The molecule has 0 N–H and O–H groups in total. The number of methoxy groups -OCH3 is 1. The lowest BCUT2D eigenvalue weighted by molar-refractivity contribution is 0.163. The highest BCUT2D eigenvalue weighted by atomic mass is 16.5. The third kappa shape index (κ3) is 4.03. The Balaban J connectivity index is 1.31. The first-order chi connectivity index (χ1) is 16.0. The Morgan fingerprint density at radius 2 is 1.94 bits per heavy atom. The molecule has 1 aliphatic rings. The molecule has 1 aliphatic heterocycles. The van der Waals surface area contributed by atoms with Crippen molar-refractivity contribution in [3.63, 3.8) is 0 Å². The molecule has 4 aromatic heterocycles. The maximum atomic E-state index is 6.22. The standard InChI is InChI=1S/C21H25N9O3/c1-12(2)18-25-21(33-27-18)29-9-7-14(8-10-29)32-20-17-19(22-11-23-20)30(28-26-17)15-5-6-16(31-4)24-13(15)3/h5-6,11-12,14H,7-10H2,1-4H3. The van der Waals surface area contributed by atoms with Gasteiger partial charge in [-0.3, -0.25) is 0 Å². The zero-order valence-electron chi connectivity index (χ0n) is 19.0. The molecule has 172 valence electrons. The van der Waals surface area contributed by atoms with Gasteiger partial charge in [-0.25, -0.2) is 9.97 Å². The van der Waals surface area contributed by atoms with Crippen LogP contribution in [0.2, 0.25) is 0 Å². The smallest absolute Gasteiger partial charge is 0.324 e. The molecule has 5 rings (SSSR count). The normalized spacial score (nSPS) is 14.9. The minimum Gasteiger partial charge on any atom is -0.481 e. The van der Waals surface area contributed by atoms with Crippen molar-refractivity contribution in [2.24, 2.45) is 0 Å². The molecule has 0 saturated carbocycles. The summed E-state index contributed by atoms with van der Waals surface area (Å²) in [4.78, 5) is 19.7. The first-order valence-electron chi connectivity index (χ1n) is 10.9. The van der Waals surface area contributed by atoms with Crippen molar-refractivity contribution in [3.8, 4) is 17.4 Å². The van der Waals surface area contributed by atoms with E-state index in [2.05, 4.69) is 40.3 Å². The van der Waals surface area contributed by atoms with E-state index in [1.54, 1.807) is 17.9 Å².